The average Bonchev–Trinajstić information content (AvgIpc) is 2.29. The number of rotatable bonds is 5. The summed E-state index contributed by atoms with van der Waals surface area (Å²) in [5, 5.41) is 4.08. The van der Waals surface area contributed by atoms with Crippen molar-refractivity contribution < 1.29 is 4.79 Å². The Morgan fingerprint density at radius 3 is 2.47 bits per heavy atom. The Kier molecular flexibility index (Phi) is 5.79. The fourth-order valence-electron chi connectivity index (χ4n) is 1.65. The quantitative estimate of drug-likeness (QED) is 0.862. The Bertz CT molecular complexity index is 389. The van der Waals surface area contributed by atoms with Crippen LogP contribution in [-0.2, 0) is 11.3 Å². The summed E-state index contributed by atoms with van der Waals surface area (Å²) < 4.78 is 0. The molecule has 17 heavy (non-hydrogen) atoms. The molecule has 4 heteroatoms. The maximum atomic E-state index is 11.8. The Hall–Kier alpha value is -0.730. The third-order valence-corrected chi connectivity index (χ3v) is 3.41. The Balaban J connectivity index is 2.58. The topological polar surface area (TPSA) is 29.1 Å². The van der Waals surface area contributed by atoms with E-state index in [1.807, 2.05) is 19.9 Å². The predicted molar refractivity (Wildman–Crippen MR) is 72.4 cm³/mol. The van der Waals surface area contributed by atoms with Gasteiger partial charge < -0.3 is 5.32 Å². The van der Waals surface area contributed by atoms with Gasteiger partial charge in [-0.1, -0.05) is 43.1 Å². The van der Waals surface area contributed by atoms with Crippen molar-refractivity contribution in [1.82, 2.24) is 5.32 Å². The summed E-state index contributed by atoms with van der Waals surface area (Å²) in [5.74, 6) is 0.169. The lowest BCUT2D eigenvalue weighted by Crippen LogP contribution is -2.29. The number of halogens is 2. The molecule has 1 aromatic rings. The molecule has 1 aromatic carbocycles. The zero-order chi connectivity index (χ0) is 12.8. The van der Waals surface area contributed by atoms with E-state index in [1.165, 1.54) is 0 Å². The lowest BCUT2D eigenvalue weighted by molar-refractivity contribution is -0.125. The molecule has 0 aliphatic rings. The number of hydrogen-bond donors (Lipinski definition) is 1. The summed E-state index contributed by atoms with van der Waals surface area (Å²) in [5.41, 5.74) is 0.885. The molecule has 0 spiro atoms. The smallest absolute Gasteiger partial charge is 0.223 e. The number of amides is 1. The molecule has 0 atom stereocenters. The molecule has 0 saturated carbocycles. The van der Waals surface area contributed by atoms with Gasteiger partial charge in [0.2, 0.25) is 5.91 Å². The van der Waals surface area contributed by atoms with Crippen molar-refractivity contribution in [1.29, 1.82) is 0 Å². The normalized spacial score (nSPS) is 10.6. The van der Waals surface area contributed by atoms with Crippen LogP contribution in [0.2, 0.25) is 10.0 Å². The standard InChI is InChI=1S/C13H17Cl2NO/c1-3-9(4-2)13(17)16-8-10-5-6-11(14)7-12(10)15/h5-7,9H,3-4,8H2,1-2H3,(H,16,17). The van der Waals surface area contributed by atoms with Crippen molar-refractivity contribution in [2.24, 2.45) is 5.92 Å². The van der Waals surface area contributed by atoms with Gasteiger partial charge in [0.15, 0.2) is 0 Å². The molecule has 94 valence electrons. The molecule has 0 aliphatic carbocycles. The van der Waals surface area contributed by atoms with Crippen LogP contribution in [0.15, 0.2) is 18.2 Å². The van der Waals surface area contributed by atoms with Crippen LogP contribution in [0.3, 0.4) is 0 Å². The number of carbonyl (C=O) groups excluding carboxylic acids is 1. The first-order chi connectivity index (χ1) is 8.08. The van der Waals surface area contributed by atoms with Gasteiger partial charge >= 0.3 is 0 Å². The fourth-order valence-corrected chi connectivity index (χ4v) is 2.13. The molecule has 0 unspecified atom stereocenters. The van der Waals surface area contributed by atoms with Gasteiger partial charge in [0.1, 0.15) is 0 Å². The van der Waals surface area contributed by atoms with Crippen LogP contribution in [-0.4, -0.2) is 5.91 Å². The maximum absolute atomic E-state index is 11.8. The van der Waals surface area contributed by atoms with Crippen molar-refractivity contribution in [3.63, 3.8) is 0 Å². The van der Waals surface area contributed by atoms with Crippen molar-refractivity contribution in [3.8, 4) is 0 Å². The SMILES string of the molecule is CCC(CC)C(=O)NCc1ccc(Cl)cc1Cl. The molecule has 1 rings (SSSR count). The molecule has 0 aliphatic heterocycles. The second-order valence-corrected chi connectivity index (χ2v) is 4.81. The fraction of sp³-hybridized carbons (Fsp3) is 0.462. The predicted octanol–water partition coefficient (Wildman–Crippen LogP) is 4.05. The number of nitrogens with one attached hydrogen (secondary N) is 1. The molecule has 1 amide bonds. The second-order valence-electron chi connectivity index (χ2n) is 3.97. The molecular weight excluding hydrogens is 257 g/mol. The number of hydrogen-bond acceptors (Lipinski definition) is 1. The molecule has 2 nitrogen and oxygen atoms in total. The average molecular weight is 274 g/mol. The Morgan fingerprint density at radius 1 is 1.29 bits per heavy atom. The van der Waals surface area contributed by atoms with E-state index in [4.69, 9.17) is 23.2 Å². The van der Waals surface area contributed by atoms with Crippen molar-refractivity contribution >= 4 is 29.1 Å². The highest BCUT2D eigenvalue weighted by Crippen LogP contribution is 2.20. The third kappa shape index (κ3) is 4.21. The van der Waals surface area contributed by atoms with E-state index in [-0.39, 0.29) is 11.8 Å². The summed E-state index contributed by atoms with van der Waals surface area (Å²) in [7, 11) is 0. The highest BCUT2D eigenvalue weighted by Gasteiger charge is 2.13. The Morgan fingerprint density at radius 2 is 1.94 bits per heavy atom. The van der Waals surface area contributed by atoms with Crippen LogP contribution in [0.25, 0.3) is 0 Å². The molecule has 0 aromatic heterocycles. The highest BCUT2D eigenvalue weighted by atomic mass is 35.5. The van der Waals surface area contributed by atoms with E-state index in [9.17, 15) is 4.79 Å². The van der Waals surface area contributed by atoms with E-state index in [2.05, 4.69) is 5.32 Å². The largest absolute Gasteiger partial charge is 0.352 e. The Labute approximate surface area is 112 Å². The zero-order valence-electron chi connectivity index (χ0n) is 10.1. The van der Waals surface area contributed by atoms with Gasteiger partial charge in [-0.3, -0.25) is 4.79 Å². The number of benzene rings is 1. The van der Waals surface area contributed by atoms with E-state index in [0.29, 0.717) is 16.6 Å². The van der Waals surface area contributed by atoms with E-state index >= 15 is 0 Å². The molecular formula is C13H17Cl2NO. The van der Waals surface area contributed by atoms with E-state index < -0.39 is 0 Å². The second kappa shape index (κ2) is 6.87. The summed E-state index contributed by atoms with van der Waals surface area (Å²) in [6, 6.07) is 5.28. The highest BCUT2D eigenvalue weighted by molar-refractivity contribution is 6.35. The third-order valence-electron chi connectivity index (χ3n) is 2.82. The van der Waals surface area contributed by atoms with Gasteiger partial charge in [0, 0.05) is 22.5 Å². The first-order valence-electron chi connectivity index (χ1n) is 5.80. The number of carbonyl (C=O) groups is 1. The van der Waals surface area contributed by atoms with E-state index in [1.54, 1.807) is 12.1 Å². The van der Waals surface area contributed by atoms with Crippen LogP contribution in [0, 0.1) is 5.92 Å². The van der Waals surface area contributed by atoms with Crippen LogP contribution in [0.4, 0.5) is 0 Å². The summed E-state index contributed by atoms with van der Waals surface area (Å²) in [4.78, 5) is 11.8. The molecule has 0 radical (unpaired) electrons. The van der Waals surface area contributed by atoms with Gasteiger partial charge in [-0.25, -0.2) is 0 Å². The summed E-state index contributed by atoms with van der Waals surface area (Å²) in [6.07, 6.45) is 1.72. The van der Waals surface area contributed by atoms with Gasteiger partial charge in [-0.15, -0.1) is 0 Å². The first-order valence-corrected chi connectivity index (χ1v) is 6.55. The lowest BCUT2D eigenvalue weighted by Gasteiger charge is -2.13. The van der Waals surface area contributed by atoms with Gasteiger partial charge in [0.25, 0.3) is 0 Å². The first kappa shape index (κ1) is 14.3. The minimum Gasteiger partial charge on any atom is -0.352 e. The molecule has 0 saturated heterocycles. The molecule has 0 heterocycles. The minimum atomic E-state index is 0.0843. The minimum absolute atomic E-state index is 0.0843. The monoisotopic (exact) mass is 273 g/mol. The van der Waals surface area contributed by atoms with Crippen molar-refractivity contribution in [2.45, 2.75) is 33.2 Å². The molecule has 1 N–H and O–H groups in total. The van der Waals surface area contributed by atoms with Crippen LogP contribution < -0.4 is 5.32 Å². The van der Waals surface area contributed by atoms with Crippen LogP contribution in [0.1, 0.15) is 32.3 Å². The zero-order valence-corrected chi connectivity index (χ0v) is 11.6. The maximum Gasteiger partial charge on any atom is 0.223 e. The van der Waals surface area contributed by atoms with Crippen molar-refractivity contribution in [2.75, 3.05) is 0 Å². The van der Waals surface area contributed by atoms with E-state index in [0.717, 1.165) is 18.4 Å². The molecule has 0 bridgehead atoms. The van der Waals surface area contributed by atoms with Gasteiger partial charge in [-0.2, -0.15) is 0 Å². The summed E-state index contributed by atoms with van der Waals surface area (Å²) in [6.45, 7) is 4.48. The van der Waals surface area contributed by atoms with Crippen LogP contribution in [0.5, 0.6) is 0 Å². The molecule has 0 fully saturated rings. The summed E-state index contributed by atoms with van der Waals surface area (Å²) >= 11 is 11.8. The van der Waals surface area contributed by atoms with Crippen LogP contribution >= 0.6 is 23.2 Å². The lowest BCUT2D eigenvalue weighted by atomic mass is 10.0. The van der Waals surface area contributed by atoms with Gasteiger partial charge in [0.05, 0.1) is 0 Å². The van der Waals surface area contributed by atoms with Gasteiger partial charge in [-0.05, 0) is 30.5 Å². The van der Waals surface area contributed by atoms with Crippen molar-refractivity contribution in [3.05, 3.63) is 33.8 Å².